The molecule has 6 heteroatoms. The zero-order valence-electron chi connectivity index (χ0n) is 12.1. The van der Waals surface area contributed by atoms with Gasteiger partial charge in [0.05, 0.1) is 13.7 Å². The molecule has 1 aromatic heterocycles. The number of hydrogen-bond donors (Lipinski definition) is 1. The fourth-order valence-corrected chi connectivity index (χ4v) is 1.98. The standard InChI is InChI=1S/C14H19NO5/c1-5-20-14(18)10(13(16)17)6-11-9(3)12(19-4)8(2)7-15-11/h7,10H,5-6H2,1-4H3,(H,16,17). The van der Waals surface area contributed by atoms with Crippen molar-refractivity contribution >= 4 is 11.9 Å². The van der Waals surface area contributed by atoms with Crippen molar-refractivity contribution in [3.8, 4) is 5.75 Å². The first-order valence-electron chi connectivity index (χ1n) is 6.30. The lowest BCUT2D eigenvalue weighted by molar-refractivity contribution is -0.158. The lowest BCUT2D eigenvalue weighted by Crippen LogP contribution is -2.28. The molecule has 0 bridgehead atoms. The van der Waals surface area contributed by atoms with E-state index in [9.17, 15) is 9.59 Å². The first-order chi connectivity index (χ1) is 9.42. The molecule has 1 unspecified atom stereocenters. The Morgan fingerprint density at radius 1 is 1.40 bits per heavy atom. The van der Waals surface area contributed by atoms with Crippen LogP contribution in [-0.2, 0) is 20.7 Å². The molecule has 1 aromatic rings. The predicted octanol–water partition coefficient (Wildman–Crippen LogP) is 1.51. The van der Waals surface area contributed by atoms with Gasteiger partial charge in [0.15, 0.2) is 5.92 Å². The van der Waals surface area contributed by atoms with Crippen molar-refractivity contribution in [1.82, 2.24) is 4.98 Å². The summed E-state index contributed by atoms with van der Waals surface area (Å²) in [5, 5.41) is 9.14. The van der Waals surface area contributed by atoms with E-state index in [1.807, 2.05) is 6.92 Å². The number of aromatic nitrogens is 1. The summed E-state index contributed by atoms with van der Waals surface area (Å²) in [4.78, 5) is 27.1. The highest BCUT2D eigenvalue weighted by Gasteiger charge is 2.29. The second kappa shape index (κ2) is 6.88. The van der Waals surface area contributed by atoms with Crippen LogP contribution in [0.25, 0.3) is 0 Å². The van der Waals surface area contributed by atoms with Crippen molar-refractivity contribution in [2.75, 3.05) is 13.7 Å². The largest absolute Gasteiger partial charge is 0.496 e. The number of pyridine rings is 1. The maximum Gasteiger partial charge on any atom is 0.320 e. The molecule has 0 fully saturated rings. The molecule has 20 heavy (non-hydrogen) atoms. The molecule has 0 aliphatic rings. The van der Waals surface area contributed by atoms with E-state index in [4.69, 9.17) is 14.6 Å². The van der Waals surface area contributed by atoms with E-state index in [0.29, 0.717) is 11.4 Å². The quantitative estimate of drug-likeness (QED) is 0.628. The summed E-state index contributed by atoms with van der Waals surface area (Å²) in [5.74, 6) is -2.57. The van der Waals surface area contributed by atoms with Gasteiger partial charge in [-0.1, -0.05) is 0 Å². The van der Waals surface area contributed by atoms with E-state index < -0.39 is 17.9 Å². The molecule has 0 saturated heterocycles. The van der Waals surface area contributed by atoms with Gasteiger partial charge in [-0.2, -0.15) is 0 Å². The van der Waals surface area contributed by atoms with Gasteiger partial charge in [-0.15, -0.1) is 0 Å². The fraction of sp³-hybridized carbons (Fsp3) is 0.500. The predicted molar refractivity (Wildman–Crippen MR) is 71.7 cm³/mol. The topological polar surface area (TPSA) is 85.7 Å². The van der Waals surface area contributed by atoms with Gasteiger partial charge in [0, 0.05) is 29.4 Å². The van der Waals surface area contributed by atoms with Crippen LogP contribution in [0.5, 0.6) is 5.75 Å². The van der Waals surface area contributed by atoms with Crippen molar-refractivity contribution in [3.63, 3.8) is 0 Å². The first kappa shape index (κ1) is 15.9. The Kier molecular flexibility index (Phi) is 5.49. The van der Waals surface area contributed by atoms with Gasteiger partial charge in [0.2, 0.25) is 0 Å². The summed E-state index contributed by atoms with van der Waals surface area (Å²) in [6.07, 6.45) is 1.59. The molecule has 1 rings (SSSR count). The third kappa shape index (κ3) is 3.46. The number of rotatable bonds is 6. The van der Waals surface area contributed by atoms with Crippen molar-refractivity contribution < 1.29 is 24.2 Å². The van der Waals surface area contributed by atoms with Crippen LogP contribution in [0.15, 0.2) is 6.20 Å². The number of carboxylic acid groups (broad SMARTS) is 1. The maximum absolute atomic E-state index is 11.7. The Morgan fingerprint density at radius 2 is 2.05 bits per heavy atom. The Labute approximate surface area is 117 Å². The van der Waals surface area contributed by atoms with Crippen LogP contribution >= 0.6 is 0 Å². The minimum absolute atomic E-state index is 0.0172. The number of hydrogen-bond acceptors (Lipinski definition) is 5. The van der Waals surface area contributed by atoms with E-state index in [0.717, 1.165) is 11.1 Å². The number of nitrogens with zero attached hydrogens (tertiary/aromatic N) is 1. The molecule has 110 valence electrons. The summed E-state index contributed by atoms with van der Waals surface area (Å²) in [6, 6.07) is 0. The summed E-state index contributed by atoms with van der Waals surface area (Å²) in [5.41, 5.74) is 2.12. The molecule has 1 atom stereocenters. The van der Waals surface area contributed by atoms with Crippen LogP contribution < -0.4 is 4.74 Å². The molecule has 0 spiro atoms. The lowest BCUT2D eigenvalue weighted by atomic mass is 9.99. The Hall–Kier alpha value is -2.11. The van der Waals surface area contributed by atoms with Crippen LogP contribution in [0.4, 0.5) is 0 Å². The third-order valence-electron chi connectivity index (χ3n) is 3.02. The van der Waals surface area contributed by atoms with Crippen LogP contribution in [0.2, 0.25) is 0 Å². The monoisotopic (exact) mass is 281 g/mol. The summed E-state index contributed by atoms with van der Waals surface area (Å²) < 4.78 is 10.0. The molecule has 1 heterocycles. The second-order valence-electron chi connectivity index (χ2n) is 4.39. The Morgan fingerprint density at radius 3 is 2.55 bits per heavy atom. The average molecular weight is 281 g/mol. The minimum Gasteiger partial charge on any atom is -0.496 e. The molecule has 0 radical (unpaired) electrons. The van der Waals surface area contributed by atoms with Crippen molar-refractivity contribution in [2.24, 2.45) is 5.92 Å². The summed E-state index contributed by atoms with van der Waals surface area (Å²) in [6.45, 7) is 5.42. The zero-order valence-corrected chi connectivity index (χ0v) is 12.1. The number of aryl methyl sites for hydroxylation is 1. The van der Waals surface area contributed by atoms with Gasteiger partial charge < -0.3 is 14.6 Å². The normalized spacial score (nSPS) is 11.8. The fourth-order valence-electron chi connectivity index (χ4n) is 1.98. The Balaban J connectivity index is 3.06. The first-order valence-corrected chi connectivity index (χ1v) is 6.30. The van der Waals surface area contributed by atoms with E-state index in [2.05, 4.69) is 4.98 Å². The number of carboxylic acids is 1. The SMILES string of the molecule is CCOC(=O)C(Cc1ncc(C)c(OC)c1C)C(=O)O. The van der Waals surface area contributed by atoms with Gasteiger partial charge in [-0.3, -0.25) is 14.6 Å². The average Bonchev–Trinajstić information content (AvgIpc) is 2.38. The van der Waals surface area contributed by atoms with Crippen molar-refractivity contribution in [3.05, 3.63) is 23.0 Å². The molecule has 0 aliphatic heterocycles. The molecule has 0 aliphatic carbocycles. The summed E-state index contributed by atoms with van der Waals surface area (Å²) >= 11 is 0. The highest BCUT2D eigenvalue weighted by atomic mass is 16.5. The second-order valence-corrected chi connectivity index (χ2v) is 4.39. The van der Waals surface area contributed by atoms with E-state index in [-0.39, 0.29) is 13.0 Å². The minimum atomic E-state index is -1.26. The smallest absolute Gasteiger partial charge is 0.320 e. The van der Waals surface area contributed by atoms with Crippen LogP contribution in [0.3, 0.4) is 0 Å². The summed E-state index contributed by atoms with van der Waals surface area (Å²) in [7, 11) is 1.54. The van der Waals surface area contributed by atoms with Gasteiger partial charge in [-0.05, 0) is 20.8 Å². The van der Waals surface area contributed by atoms with Crippen molar-refractivity contribution in [1.29, 1.82) is 0 Å². The molecule has 1 N–H and O–H groups in total. The number of carbonyl (C=O) groups excluding carboxylic acids is 1. The van der Waals surface area contributed by atoms with Gasteiger partial charge in [0.1, 0.15) is 5.75 Å². The number of esters is 1. The van der Waals surface area contributed by atoms with E-state index in [1.165, 1.54) is 0 Å². The van der Waals surface area contributed by atoms with Crippen LogP contribution in [-0.4, -0.2) is 35.7 Å². The Bertz CT molecular complexity index is 513. The van der Waals surface area contributed by atoms with Gasteiger partial charge in [-0.25, -0.2) is 0 Å². The zero-order chi connectivity index (χ0) is 15.3. The van der Waals surface area contributed by atoms with Crippen molar-refractivity contribution in [2.45, 2.75) is 27.2 Å². The van der Waals surface area contributed by atoms with E-state index >= 15 is 0 Å². The highest BCUT2D eigenvalue weighted by Crippen LogP contribution is 2.25. The van der Waals surface area contributed by atoms with Gasteiger partial charge >= 0.3 is 11.9 Å². The number of aliphatic carboxylic acids is 1. The number of methoxy groups -OCH3 is 1. The van der Waals surface area contributed by atoms with Crippen LogP contribution in [0, 0.1) is 19.8 Å². The van der Waals surface area contributed by atoms with Gasteiger partial charge in [0.25, 0.3) is 0 Å². The molecule has 6 nitrogen and oxygen atoms in total. The maximum atomic E-state index is 11.7. The van der Waals surface area contributed by atoms with Crippen LogP contribution in [0.1, 0.15) is 23.7 Å². The molecular weight excluding hydrogens is 262 g/mol. The lowest BCUT2D eigenvalue weighted by Gasteiger charge is -2.15. The number of carbonyl (C=O) groups is 2. The van der Waals surface area contributed by atoms with E-state index in [1.54, 1.807) is 27.2 Å². The highest BCUT2D eigenvalue weighted by molar-refractivity contribution is 5.94. The molecule has 0 saturated carbocycles. The number of ether oxygens (including phenoxy) is 2. The third-order valence-corrected chi connectivity index (χ3v) is 3.02. The molecule has 0 aromatic carbocycles. The molecular formula is C14H19NO5. The molecule has 0 amide bonds.